The van der Waals surface area contributed by atoms with Crippen LogP contribution in [0.15, 0.2) is 35.6 Å². The summed E-state index contributed by atoms with van der Waals surface area (Å²) in [5.74, 6) is 0.653. The topological polar surface area (TPSA) is 26.0 Å². The summed E-state index contributed by atoms with van der Waals surface area (Å²) in [6.07, 6.45) is 10.6. The van der Waals surface area contributed by atoms with Gasteiger partial charge in [-0.25, -0.2) is 0 Å². The lowest BCUT2D eigenvalue weighted by atomic mass is 9.98. The molecule has 1 nitrogen and oxygen atoms in total. The summed E-state index contributed by atoms with van der Waals surface area (Å²) in [4.78, 5) is 0. The van der Waals surface area contributed by atoms with E-state index >= 15 is 0 Å². The molecule has 0 bridgehead atoms. The highest BCUT2D eigenvalue weighted by atomic mass is 14.6. The Labute approximate surface area is 74.7 Å². The van der Waals surface area contributed by atoms with Crippen molar-refractivity contribution in [2.45, 2.75) is 26.7 Å². The van der Waals surface area contributed by atoms with Gasteiger partial charge in [-0.2, -0.15) is 0 Å². The van der Waals surface area contributed by atoms with E-state index in [2.05, 4.69) is 26.0 Å². The van der Waals surface area contributed by atoms with Gasteiger partial charge in [-0.3, -0.25) is 0 Å². The highest BCUT2D eigenvalue weighted by molar-refractivity contribution is 5.31. The van der Waals surface area contributed by atoms with E-state index in [9.17, 15) is 0 Å². The highest BCUT2D eigenvalue weighted by Crippen LogP contribution is 2.18. The quantitative estimate of drug-likeness (QED) is 0.665. The maximum absolute atomic E-state index is 5.68. The Bertz CT molecular complexity index is 233. The highest BCUT2D eigenvalue weighted by Gasteiger charge is 2.03. The van der Waals surface area contributed by atoms with Gasteiger partial charge in [0.05, 0.1) is 0 Å². The van der Waals surface area contributed by atoms with E-state index in [4.69, 9.17) is 5.73 Å². The largest absolute Gasteiger partial charge is 0.399 e. The zero-order valence-corrected chi connectivity index (χ0v) is 7.88. The van der Waals surface area contributed by atoms with Crippen LogP contribution in [0, 0.1) is 5.92 Å². The fourth-order valence-electron chi connectivity index (χ4n) is 1.26. The Morgan fingerprint density at radius 3 is 2.83 bits per heavy atom. The molecule has 0 amide bonds. The van der Waals surface area contributed by atoms with E-state index in [-0.39, 0.29) is 0 Å². The first kappa shape index (κ1) is 9.11. The van der Waals surface area contributed by atoms with Gasteiger partial charge in [0.1, 0.15) is 0 Å². The minimum absolute atomic E-state index is 0.653. The van der Waals surface area contributed by atoms with Crippen molar-refractivity contribution >= 4 is 0 Å². The van der Waals surface area contributed by atoms with Crippen molar-refractivity contribution in [2.75, 3.05) is 0 Å². The van der Waals surface area contributed by atoms with E-state index in [1.54, 1.807) is 0 Å². The van der Waals surface area contributed by atoms with Crippen LogP contribution in [0.25, 0.3) is 0 Å². The molecule has 0 aliphatic heterocycles. The standard InChI is InChI=1S/C11H17N/c1-3-9(2)10-5-4-6-11(12)8-7-10/h5-9H,3-4,12H2,1-2H3/t9-/m0/s1. The second-order valence-corrected chi connectivity index (χ2v) is 3.29. The molecule has 66 valence electrons. The van der Waals surface area contributed by atoms with Crippen molar-refractivity contribution in [3.8, 4) is 0 Å². The summed E-state index contributed by atoms with van der Waals surface area (Å²) in [7, 11) is 0. The van der Waals surface area contributed by atoms with Gasteiger partial charge in [0.15, 0.2) is 0 Å². The summed E-state index contributed by atoms with van der Waals surface area (Å²) >= 11 is 0. The summed E-state index contributed by atoms with van der Waals surface area (Å²) in [5, 5.41) is 0. The molecule has 0 aromatic carbocycles. The lowest BCUT2D eigenvalue weighted by molar-refractivity contribution is 0.668. The fraction of sp³-hybridized carbons (Fsp3) is 0.455. The Hall–Kier alpha value is -0.980. The molecule has 0 saturated heterocycles. The van der Waals surface area contributed by atoms with Gasteiger partial charge in [-0.1, -0.05) is 32.1 Å². The van der Waals surface area contributed by atoms with E-state index < -0.39 is 0 Å². The average molecular weight is 163 g/mol. The average Bonchev–Trinajstić information content (AvgIpc) is 2.29. The van der Waals surface area contributed by atoms with E-state index in [1.165, 1.54) is 12.0 Å². The molecule has 0 radical (unpaired) electrons. The minimum Gasteiger partial charge on any atom is -0.399 e. The van der Waals surface area contributed by atoms with E-state index in [0.29, 0.717) is 5.92 Å². The van der Waals surface area contributed by atoms with Crippen molar-refractivity contribution in [3.63, 3.8) is 0 Å². The molecule has 1 aliphatic rings. The summed E-state index contributed by atoms with van der Waals surface area (Å²) in [6, 6.07) is 0. The summed E-state index contributed by atoms with van der Waals surface area (Å²) < 4.78 is 0. The molecule has 0 spiro atoms. The van der Waals surface area contributed by atoms with Crippen LogP contribution in [0.3, 0.4) is 0 Å². The van der Waals surface area contributed by atoms with Gasteiger partial charge in [0.2, 0.25) is 0 Å². The fourth-order valence-corrected chi connectivity index (χ4v) is 1.26. The van der Waals surface area contributed by atoms with Crippen molar-refractivity contribution < 1.29 is 0 Å². The zero-order valence-electron chi connectivity index (χ0n) is 7.88. The molecule has 1 heteroatoms. The Balaban J connectivity index is 2.70. The molecule has 12 heavy (non-hydrogen) atoms. The molecule has 0 saturated carbocycles. The zero-order chi connectivity index (χ0) is 8.97. The third kappa shape index (κ3) is 2.26. The maximum Gasteiger partial charge on any atom is 0.0276 e. The molecule has 0 unspecified atom stereocenters. The molecular weight excluding hydrogens is 146 g/mol. The van der Waals surface area contributed by atoms with E-state index in [0.717, 1.165) is 12.1 Å². The van der Waals surface area contributed by atoms with Gasteiger partial charge >= 0.3 is 0 Å². The van der Waals surface area contributed by atoms with Gasteiger partial charge in [0, 0.05) is 5.70 Å². The van der Waals surface area contributed by atoms with Crippen LogP contribution >= 0.6 is 0 Å². The summed E-state index contributed by atoms with van der Waals surface area (Å²) in [5.41, 5.74) is 7.97. The number of hydrogen-bond acceptors (Lipinski definition) is 1. The SMILES string of the molecule is CC[C@H](C)C1=CCC=C(N)C=C1. The first-order chi connectivity index (χ1) is 5.74. The van der Waals surface area contributed by atoms with Crippen molar-refractivity contribution in [3.05, 3.63) is 35.6 Å². The smallest absolute Gasteiger partial charge is 0.0276 e. The van der Waals surface area contributed by atoms with Gasteiger partial charge < -0.3 is 5.73 Å². The lowest BCUT2D eigenvalue weighted by Crippen LogP contribution is -1.94. The third-order valence-corrected chi connectivity index (χ3v) is 2.36. The van der Waals surface area contributed by atoms with Gasteiger partial charge in [0.25, 0.3) is 0 Å². The first-order valence-electron chi connectivity index (χ1n) is 4.57. The number of allylic oxidation sites excluding steroid dienone is 5. The Morgan fingerprint density at radius 2 is 2.17 bits per heavy atom. The minimum atomic E-state index is 0.653. The van der Waals surface area contributed by atoms with Crippen molar-refractivity contribution in [1.82, 2.24) is 0 Å². The maximum atomic E-state index is 5.68. The second kappa shape index (κ2) is 4.15. The molecule has 2 N–H and O–H groups in total. The van der Waals surface area contributed by atoms with Crippen LogP contribution in [0.2, 0.25) is 0 Å². The molecule has 0 aromatic rings. The van der Waals surface area contributed by atoms with Crippen LogP contribution in [-0.4, -0.2) is 0 Å². The molecule has 1 rings (SSSR count). The number of nitrogens with two attached hydrogens (primary N) is 1. The molecule has 0 fully saturated rings. The molecule has 0 aromatic heterocycles. The third-order valence-electron chi connectivity index (χ3n) is 2.36. The van der Waals surface area contributed by atoms with Crippen molar-refractivity contribution in [1.29, 1.82) is 0 Å². The predicted molar refractivity (Wildman–Crippen MR) is 53.6 cm³/mol. The van der Waals surface area contributed by atoms with Crippen LogP contribution in [0.4, 0.5) is 0 Å². The second-order valence-electron chi connectivity index (χ2n) is 3.29. The Kier molecular flexibility index (Phi) is 3.15. The van der Waals surface area contributed by atoms with Crippen molar-refractivity contribution in [2.24, 2.45) is 11.7 Å². The lowest BCUT2D eigenvalue weighted by Gasteiger charge is -2.08. The summed E-state index contributed by atoms with van der Waals surface area (Å²) in [6.45, 7) is 4.46. The number of hydrogen-bond donors (Lipinski definition) is 1. The van der Waals surface area contributed by atoms with Crippen LogP contribution in [0.5, 0.6) is 0 Å². The van der Waals surface area contributed by atoms with Gasteiger partial charge in [-0.15, -0.1) is 0 Å². The van der Waals surface area contributed by atoms with Crippen LogP contribution in [-0.2, 0) is 0 Å². The Morgan fingerprint density at radius 1 is 1.42 bits per heavy atom. The molecule has 1 aliphatic carbocycles. The molecule has 1 atom stereocenters. The van der Waals surface area contributed by atoms with Gasteiger partial charge in [-0.05, 0) is 30.4 Å². The normalized spacial score (nSPS) is 19.5. The molecule has 0 heterocycles. The monoisotopic (exact) mass is 163 g/mol. The first-order valence-corrected chi connectivity index (χ1v) is 4.57. The number of rotatable bonds is 2. The van der Waals surface area contributed by atoms with Crippen LogP contribution < -0.4 is 5.73 Å². The van der Waals surface area contributed by atoms with E-state index in [1.807, 2.05) is 12.2 Å². The molecular formula is C11H17N. The predicted octanol–water partition coefficient (Wildman–Crippen LogP) is 2.76. The van der Waals surface area contributed by atoms with Crippen LogP contribution in [0.1, 0.15) is 26.7 Å².